The minimum Gasteiger partial charge on any atom is -0.377 e. The highest BCUT2D eigenvalue weighted by Gasteiger charge is 2.10. The van der Waals surface area contributed by atoms with Crippen LogP contribution < -0.4 is 5.32 Å². The number of halogens is 5. The van der Waals surface area contributed by atoms with Gasteiger partial charge in [0, 0.05) is 27.3 Å². The Morgan fingerprint density at radius 3 is 2.37 bits per heavy atom. The molecule has 2 aromatic rings. The minimum atomic E-state index is -1.22. The van der Waals surface area contributed by atoms with E-state index in [1.54, 1.807) is 12.3 Å². The van der Waals surface area contributed by atoms with E-state index in [4.69, 9.17) is 0 Å². The molecule has 1 aromatic carbocycles. The lowest BCUT2D eigenvalue weighted by atomic mass is 10.2. The SMILES string of the molecule is Fc1cc(F)c(NCc2ncc(Br)cc2Br)cc1F. The Morgan fingerprint density at radius 1 is 1.00 bits per heavy atom. The fourth-order valence-electron chi connectivity index (χ4n) is 1.41. The molecule has 19 heavy (non-hydrogen) atoms. The maximum absolute atomic E-state index is 13.4. The third kappa shape index (κ3) is 3.48. The first kappa shape index (κ1) is 14.3. The molecule has 1 N–H and O–H groups in total. The van der Waals surface area contributed by atoms with Crippen molar-refractivity contribution in [2.75, 3.05) is 5.32 Å². The molecule has 2 rings (SSSR count). The molecular weight excluding hydrogens is 389 g/mol. The van der Waals surface area contributed by atoms with E-state index in [-0.39, 0.29) is 12.2 Å². The lowest BCUT2D eigenvalue weighted by molar-refractivity contribution is 0.496. The minimum absolute atomic E-state index is 0.115. The normalized spacial score (nSPS) is 10.6. The van der Waals surface area contributed by atoms with Crippen LogP contribution in [0.15, 0.2) is 33.3 Å². The molecule has 0 amide bonds. The van der Waals surface area contributed by atoms with Crippen molar-refractivity contribution in [2.45, 2.75) is 6.54 Å². The van der Waals surface area contributed by atoms with Crippen LogP contribution in [0.5, 0.6) is 0 Å². The third-order valence-electron chi connectivity index (χ3n) is 2.34. The fourth-order valence-corrected chi connectivity index (χ4v) is 2.54. The highest BCUT2D eigenvalue weighted by molar-refractivity contribution is 9.11. The Labute approximate surface area is 124 Å². The van der Waals surface area contributed by atoms with Gasteiger partial charge in [0.1, 0.15) is 5.82 Å². The fraction of sp³-hybridized carbons (Fsp3) is 0.0833. The molecular formula is C12H7Br2F3N2. The molecule has 0 unspecified atom stereocenters. The summed E-state index contributed by atoms with van der Waals surface area (Å²) in [4.78, 5) is 4.12. The molecule has 0 saturated carbocycles. The lowest BCUT2D eigenvalue weighted by Gasteiger charge is -2.09. The third-order valence-corrected chi connectivity index (χ3v) is 3.46. The number of anilines is 1. The standard InChI is InChI=1S/C12H7Br2F3N2/c13-6-1-7(14)12(18-4-6)5-19-11-3-9(16)8(15)2-10(11)17/h1-4,19H,5H2. The van der Waals surface area contributed by atoms with Crippen molar-refractivity contribution in [2.24, 2.45) is 0 Å². The van der Waals surface area contributed by atoms with Crippen molar-refractivity contribution >= 4 is 37.5 Å². The summed E-state index contributed by atoms with van der Waals surface area (Å²) in [6, 6.07) is 3.06. The molecule has 0 atom stereocenters. The van der Waals surface area contributed by atoms with Crippen LogP contribution in [0.25, 0.3) is 0 Å². The van der Waals surface area contributed by atoms with Crippen LogP contribution in [-0.2, 0) is 6.54 Å². The lowest BCUT2D eigenvalue weighted by Crippen LogP contribution is -2.05. The average molecular weight is 396 g/mol. The highest BCUT2D eigenvalue weighted by Crippen LogP contribution is 2.22. The van der Waals surface area contributed by atoms with E-state index in [1.807, 2.05) is 0 Å². The summed E-state index contributed by atoms with van der Waals surface area (Å²) in [5.74, 6) is -3.18. The van der Waals surface area contributed by atoms with E-state index in [9.17, 15) is 13.2 Å². The van der Waals surface area contributed by atoms with Gasteiger partial charge in [0.2, 0.25) is 0 Å². The monoisotopic (exact) mass is 394 g/mol. The van der Waals surface area contributed by atoms with Gasteiger partial charge in [-0.15, -0.1) is 0 Å². The predicted molar refractivity (Wildman–Crippen MR) is 73.3 cm³/mol. The van der Waals surface area contributed by atoms with Crippen molar-refractivity contribution < 1.29 is 13.2 Å². The van der Waals surface area contributed by atoms with Crippen LogP contribution in [0.2, 0.25) is 0 Å². The Morgan fingerprint density at radius 2 is 1.68 bits per heavy atom. The van der Waals surface area contributed by atoms with Gasteiger partial charge in [0.05, 0.1) is 17.9 Å². The Balaban J connectivity index is 2.16. The molecule has 0 fully saturated rings. The molecule has 0 aliphatic carbocycles. The van der Waals surface area contributed by atoms with Crippen molar-refractivity contribution in [3.05, 3.63) is 56.5 Å². The van der Waals surface area contributed by atoms with Crippen LogP contribution in [0, 0.1) is 17.5 Å². The van der Waals surface area contributed by atoms with Crippen LogP contribution in [0.1, 0.15) is 5.69 Å². The first-order valence-corrected chi connectivity index (χ1v) is 6.74. The molecule has 0 radical (unpaired) electrons. The maximum Gasteiger partial charge on any atom is 0.161 e. The number of benzene rings is 1. The molecule has 0 saturated heterocycles. The van der Waals surface area contributed by atoms with Crippen molar-refractivity contribution in [3.63, 3.8) is 0 Å². The van der Waals surface area contributed by atoms with Crippen molar-refractivity contribution in [1.82, 2.24) is 4.98 Å². The van der Waals surface area contributed by atoms with Crippen molar-refractivity contribution in [1.29, 1.82) is 0 Å². The van der Waals surface area contributed by atoms with E-state index in [0.717, 1.165) is 15.0 Å². The van der Waals surface area contributed by atoms with Crippen molar-refractivity contribution in [3.8, 4) is 0 Å². The zero-order valence-electron chi connectivity index (χ0n) is 9.35. The number of hydrogen-bond donors (Lipinski definition) is 1. The van der Waals surface area contributed by atoms with Crippen LogP contribution in [0.3, 0.4) is 0 Å². The van der Waals surface area contributed by atoms with E-state index >= 15 is 0 Å². The zero-order chi connectivity index (χ0) is 14.0. The van der Waals surface area contributed by atoms with E-state index in [2.05, 4.69) is 42.2 Å². The predicted octanol–water partition coefficient (Wildman–Crippen LogP) is 4.64. The van der Waals surface area contributed by atoms with Crippen LogP contribution >= 0.6 is 31.9 Å². The van der Waals surface area contributed by atoms with Gasteiger partial charge < -0.3 is 5.32 Å². The largest absolute Gasteiger partial charge is 0.377 e. The average Bonchev–Trinajstić information content (AvgIpc) is 2.34. The second kappa shape index (κ2) is 5.92. The van der Waals surface area contributed by atoms with Gasteiger partial charge in [0.15, 0.2) is 11.6 Å². The second-order valence-corrected chi connectivity index (χ2v) is 5.45. The summed E-state index contributed by atoms with van der Waals surface area (Å²) in [5.41, 5.74) is 0.503. The van der Waals surface area contributed by atoms with Crippen LogP contribution in [0.4, 0.5) is 18.9 Å². The van der Waals surface area contributed by atoms with Gasteiger partial charge in [-0.3, -0.25) is 4.98 Å². The molecule has 2 nitrogen and oxygen atoms in total. The van der Waals surface area contributed by atoms with Gasteiger partial charge in [-0.25, -0.2) is 13.2 Å². The first-order valence-electron chi connectivity index (χ1n) is 5.15. The van der Waals surface area contributed by atoms with Gasteiger partial charge in [-0.1, -0.05) is 0 Å². The molecule has 0 aliphatic rings. The number of nitrogens with one attached hydrogen (secondary N) is 1. The number of nitrogens with zero attached hydrogens (tertiary/aromatic N) is 1. The highest BCUT2D eigenvalue weighted by atomic mass is 79.9. The van der Waals surface area contributed by atoms with E-state index < -0.39 is 17.5 Å². The number of pyridine rings is 1. The molecule has 0 bridgehead atoms. The topological polar surface area (TPSA) is 24.9 Å². The van der Waals surface area contributed by atoms with Gasteiger partial charge >= 0.3 is 0 Å². The Hall–Kier alpha value is -1.08. The Bertz CT molecular complexity index is 620. The molecule has 0 aliphatic heterocycles. The maximum atomic E-state index is 13.4. The number of rotatable bonds is 3. The summed E-state index contributed by atoms with van der Waals surface area (Å²) < 4.78 is 40.7. The Kier molecular flexibility index (Phi) is 4.46. The summed E-state index contributed by atoms with van der Waals surface area (Å²) in [6.45, 7) is 0.176. The second-order valence-electron chi connectivity index (χ2n) is 3.68. The molecule has 7 heteroatoms. The van der Waals surface area contributed by atoms with Gasteiger partial charge in [0.25, 0.3) is 0 Å². The number of aromatic nitrogens is 1. The summed E-state index contributed by atoms with van der Waals surface area (Å²) in [7, 11) is 0. The quantitative estimate of drug-likeness (QED) is 0.766. The first-order chi connectivity index (χ1) is 8.97. The van der Waals surface area contributed by atoms with Crippen LogP contribution in [-0.4, -0.2) is 4.98 Å². The summed E-state index contributed by atoms with van der Waals surface area (Å²) >= 11 is 6.56. The molecule has 100 valence electrons. The van der Waals surface area contributed by atoms with Gasteiger partial charge in [-0.2, -0.15) is 0 Å². The summed E-state index contributed by atoms with van der Waals surface area (Å²) in [6.07, 6.45) is 1.59. The number of hydrogen-bond acceptors (Lipinski definition) is 2. The molecule has 0 spiro atoms. The smallest absolute Gasteiger partial charge is 0.161 e. The molecule has 1 heterocycles. The molecule has 1 aromatic heterocycles. The van der Waals surface area contributed by atoms with E-state index in [1.165, 1.54) is 0 Å². The van der Waals surface area contributed by atoms with E-state index in [0.29, 0.717) is 11.8 Å². The summed E-state index contributed by atoms with van der Waals surface area (Å²) in [5, 5.41) is 2.67. The van der Waals surface area contributed by atoms with Gasteiger partial charge in [-0.05, 0) is 37.9 Å². The zero-order valence-corrected chi connectivity index (χ0v) is 12.5.